The summed E-state index contributed by atoms with van der Waals surface area (Å²) in [5, 5.41) is 0. The fourth-order valence-electron chi connectivity index (χ4n) is 1.23. The highest BCUT2D eigenvalue weighted by molar-refractivity contribution is 5.06. The lowest BCUT2D eigenvalue weighted by atomic mass is 10.2. The highest BCUT2D eigenvalue weighted by atomic mass is 16.5. The van der Waals surface area contributed by atoms with E-state index in [9.17, 15) is 0 Å². The second-order valence-corrected chi connectivity index (χ2v) is 3.47. The Morgan fingerprint density at radius 2 is 1.93 bits per heavy atom. The van der Waals surface area contributed by atoms with Crippen LogP contribution in [0.2, 0.25) is 0 Å². The van der Waals surface area contributed by atoms with Crippen molar-refractivity contribution in [1.29, 1.82) is 0 Å². The molecule has 14 heavy (non-hydrogen) atoms. The van der Waals surface area contributed by atoms with Crippen molar-refractivity contribution in [3.05, 3.63) is 30.1 Å². The topological polar surface area (TPSA) is 13.1 Å². The third kappa shape index (κ3) is 3.88. The number of hydrogen-bond acceptors (Lipinski definition) is 1. The molecule has 2 nitrogen and oxygen atoms in total. The molecule has 1 aromatic rings. The van der Waals surface area contributed by atoms with E-state index >= 15 is 0 Å². The normalized spacial score (nSPS) is 10.4. The maximum absolute atomic E-state index is 5.50. The zero-order valence-electron chi connectivity index (χ0n) is 9.20. The summed E-state index contributed by atoms with van der Waals surface area (Å²) in [7, 11) is 0. The van der Waals surface area contributed by atoms with Gasteiger partial charge < -0.3 is 4.74 Å². The standard InChI is InChI=1S/C12H20NO/c1-3-5-10-14-11-13-8-6-12(4-2)7-9-13/h6-9H,3-5,10-11H2,1-2H3/q+1. The summed E-state index contributed by atoms with van der Waals surface area (Å²) >= 11 is 0. The monoisotopic (exact) mass is 194 g/mol. The molecular weight excluding hydrogens is 174 g/mol. The van der Waals surface area contributed by atoms with Gasteiger partial charge in [-0.05, 0) is 18.4 Å². The van der Waals surface area contributed by atoms with Crippen LogP contribution in [-0.2, 0) is 17.9 Å². The van der Waals surface area contributed by atoms with E-state index in [2.05, 4.69) is 42.9 Å². The highest BCUT2D eigenvalue weighted by Crippen LogP contribution is 1.95. The van der Waals surface area contributed by atoms with E-state index in [1.807, 2.05) is 0 Å². The molecule has 0 fully saturated rings. The van der Waals surface area contributed by atoms with Crippen LogP contribution in [0.5, 0.6) is 0 Å². The van der Waals surface area contributed by atoms with Gasteiger partial charge in [-0.2, -0.15) is 4.57 Å². The zero-order valence-corrected chi connectivity index (χ0v) is 9.20. The lowest BCUT2D eigenvalue weighted by Gasteiger charge is -1.99. The number of unbranched alkanes of at least 4 members (excludes halogenated alkanes) is 1. The largest absolute Gasteiger partial charge is 0.323 e. The predicted octanol–water partition coefficient (Wildman–Crippen LogP) is 2.31. The highest BCUT2D eigenvalue weighted by Gasteiger charge is 1.98. The van der Waals surface area contributed by atoms with Crippen molar-refractivity contribution >= 4 is 0 Å². The number of ether oxygens (including phenoxy) is 1. The minimum absolute atomic E-state index is 0.671. The molecule has 0 aliphatic heterocycles. The second-order valence-electron chi connectivity index (χ2n) is 3.47. The minimum Gasteiger partial charge on any atom is -0.323 e. The van der Waals surface area contributed by atoms with Gasteiger partial charge in [0, 0.05) is 12.1 Å². The second kappa shape index (κ2) is 6.55. The van der Waals surface area contributed by atoms with Crippen LogP contribution in [0.25, 0.3) is 0 Å². The summed E-state index contributed by atoms with van der Waals surface area (Å²) in [4.78, 5) is 0. The van der Waals surface area contributed by atoms with Gasteiger partial charge in [0.15, 0.2) is 12.4 Å². The number of nitrogens with zero attached hydrogens (tertiary/aromatic N) is 1. The fourth-order valence-corrected chi connectivity index (χ4v) is 1.23. The molecule has 0 spiro atoms. The number of hydrogen-bond donors (Lipinski definition) is 0. The Labute approximate surface area is 86.5 Å². The summed E-state index contributed by atoms with van der Waals surface area (Å²) < 4.78 is 7.56. The quantitative estimate of drug-likeness (QED) is 0.500. The van der Waals surface area contributed by atoms with Gasteiger partial charge in [-0.15, -0.1) is 0 Å². The molecule has 0 bridgehead atoms. The Morgan fingerprint density at radius 3 is 2.50 bits per heavy atom. The van der Waals surface area contributed by atoms with Crippen LogP contribution in [-0.4, -0.2) is 6.61 Å². The van der Waals surface area contributed by atoms with Crippen molar-refractivity contribution in [2.24, 2.45) is 0 Å². The summed E-state index contributed by atoms with van der Waals surface area (Å²) in [5.41, 5.74) is 1.37. The van der Waals surface area contributed by atoms with Crippen LogP contribution in [0.4, 0.5) is 0 Å². The average molecular weight is 194 g/mol. The molecule has 1 heterocycles. The Hall–Kier alpha value is -0.890. The summed E-state index contributed by atoms with van der Waals surface area (Å²) in [6.07, 6.45) is 7.58. The first-order valence-corrected chi connectivity index (χ1v) is 5.42. The van der Waals surface area contributed by atoms with Gasteiger partial charge in [-0.3, -0.25) is 0 Å². The number of pyridine rings is 1. The smallest absolute Gasteiger partial charge is 0.252 e. The van der Waals surface area contributed by atoms with Gasteiger partial charge in [0.1, 0.15) is 0 Å². The predicted molar refractivity (Wildman–Crippen MR) is 56.9 cm³/mol. The number of aromatic nitrogens is 1. The lowest BCUT2D eigenvalue weighted by molar-refractivity contribution is -0.732. The lowest BCUT2D eigenvalue weighted by Crippen LogP contribution is -2.34. The summed E-state index contributed by atoms with van der Waals surface area (Å²) in [6, 6.07) is 4.28. The number of aryl methyl sites for hydroxylation is 1. The molecule has 78 valence electrons. The average Bonchev–Trinajstić information content (AvgIpc) is 2.25. The van der Waals surface area contributed by atoms with E-state index in [4.69, 9.17) is 4.74 Å². The maximum Gasteiger partial charge on any atom is 0.252 e. The van der Waals surface area contributed by atoms with E-state index in [0.717, 1.165) is 19.4 Å². The van der Waals surface area contributed by atoms with Crippen LogP contribution < -0.4 is 4.57 Å². The van der Waals surface area contributed by atoms with Crippen LogP contribution in [0.3, 0.4) is 0 Å². The number of rotatable bonds is 6. The molecule has 0 N–H and O–H groups in total. The summed E-state index contributed by atoms with van der Waals surface area (Å²) in [5.74, 6) is 0. The van der Waals surface area contributed by atoms with Crippen LogP contribution in [0, 0.1) is 0 Å². The van der Waals surface area contributed by atoms with Crippen molar-refractivity contribution in [2.75, 3.05) is 6.61 Å². The molecule has 0 amide bonds. The van der Waals surface area contributed by atoms with Gasteiger partial charge in [-0.1, -0.05) is 20.3 Å². The molecular formula is C12H20NO+. The first-order valence-electron chi connectivity index (χ1n) is 5.42. The molecule has 0 saturated heterocycles. The summed E-state index contributed by atoms with van der Waals surface area (Å²) in [6.45, 7) is 5.87. The molecule has 0 radical (unpaired) electrons. The first-order chi connectivity index (χ1) is 6.86. The van der Waals surface area contributed by atoms with Crippen molar-refractivity contribution < 1.29 is 9.30 Å². The van der Waals surface area contributed by atoms with Crippen LogP contribution in [0.1, 0.15) is 32.3 Å². The van der Waals surface area contributed by atoms with Gasteiger partial charge in [0.25, 0.3) is 6.73 Å². The third-order valence-electron chi connectivity index (χ3n) is 2.25. The van der Waals surface area contributed by atoms with Gasteiger partial charge in [0.2, 0.25) is 0 Å². The van der Waals surface area contributed by atoms with Gasteiger partial charge in [0.05, 0.1) is 6.61 Å². The molecule has 0 unspecified atom stereocenters. The van der Waals surface area contributed by atoms with Crippen molar-refractivity contribution in [3.63, 3.8) is 0 Å². The molecule has 1 aromatic heterocycles. The third-order valence-corrected chi connectivity index (χ3v) is 2.25. The van der Waals surface area contributed by atoms with Gasteiger partial charge in [-0.25, -0.2) is 0 Å². The van der Waals surface area contributed by atoms with E-state index in [1.165, 1.54) is 12.0 Å². The van der Waals surface area contributed by atoms with Crippen LogP contribution >= 0.6 is 0 Å². The zero-order chi connectivity index (χ0) is 10.2. The molecule has 0 aromatic carbocycles. The van der Waals surface area contributed by atoms with Crippen molar-refractivity contribution in [2.45, 2.75) is 39.8 Å². The van der Waals surface area contributed by atoms with E-state index in [-0.39, 0.29) is 0 Å². The maximum atomic E-state index is 5.50. The fraction of sp³-hybridized carbons (Fsp3) is 0.583. The Bertz CT molecular complexity index is 243. The Kier molecular flexibility index (Phi) is 5.23. The first kappa shape index (κ1) is 11.2. The SMILES string of the molecule is CCCCOC[n+]1ccc(CC)cc1. The molecule has 0 aliphatic carbocycles. The minimum atomic E-state index is 0.671. The van der Waals surface area contributed by atoms with Crippen molar-refractivity contribution in [1.82, 2.24) is 0 Å². The Morgan fingerprint density at radius 1 is 1.21 bits per heavy atom. The Balaban J connectivity index is 2.29. The van der Waals surface area contributed by atoms with Gasteiger partial charge >= 0.3 is 0 Å². The van der Waals surface area contributed by atoms with E-state index < -0.39 is 0 Å². The van der Waals surface area contributed by atoms with Crippen LogP contribution in [0.15, 0.2) is 24.5 Å². The van der Waals surface area contributed by atoms with E-state index in [0.29, 0.717) is 6.73 Å². The molecule has 0 atom stereocenters. The van der Waals surface area contributed by atoms with Crippen molar-refractivity contribution in [3.8, 4) is 0 Å². The molecule has 1 rings (SSSR count). The molecule has 0 aliphatic rings. The molecule has 2 heteroatoms. The molecule has 0 saturated carbocycles. The van der Waals surface area contributed by atoms with E-state index in [1.54, 1.807) is 0 Å².